The smallest absolute Gasteiger partial charge is 0.310 e. The summed E-state index contributed by atoms with van der Waals surface area (Å²) in [7, 11) is 2.86. The van der Waals surface area contributed by atoms with Gasteiger partial charge in [-0.25, -0.2) is 4.98 Å². The van der Waals surface area contributed by atoms with Crippen LogP contribution in [0.15, 0.2) is 18.3 Å². The molecule has 1 aromatic heterocycles. The first-order valence-electron chi connectivity index (χ1n) is 5.40. The monoisotopic (exact) mass is 254 g/mol. The molecule has 1 aromatic rings. The molecule has 1 atom stereocenters. The van der Waals surface area contributed by atoms with Gasteiger partial charge in [0.1, 0.15) is 0 Å². The molecule has 0 aliphatic rings. The quantitative estimate of drug-likeness (QED) is 0.596. The molecule has 6 heteroatoms. The molecule has 0 aliphatic heterocycles. The fourth-order valence-electron chi connectivity index (χ4n) is 1.49. The predicted molar refractivity (Wildman–Crippen MR) is 62.3 cm³/mol. The zero-order chi connectivity index (χ0) is 13.7. The van der Waals surface area contributed by atoms with E-state index in [1.54, 1.807) is 14.0 Å². The first-order chi connectivity index (χ1) is 8.45. The van der Waals surface area contributed by atoms with Gasteiger partial charge in [0.15, 0.2) is 0 Å². The lowest BCUT2D eigenvalue weighted by atomic mass is 10.1. The van der Waals surface area contributed by atoms with Crippen LogP contribution in [0.5, 0.6) is 0 Å². The second-order valence-electron chi connectivity index (χ2n) is 3.98. The number of rotatable bonds is 4. The number of ether oxygens (including phenoxy) is 1. The van der Waals surface area contributed by atoms with E-state index < -0.39 is 11.9 Å². The maximum Gasteiger partial charge on any atom is 0.310 e. The number of esters is 1. The molecule has 0 spiro atoms. The Kier molecular flexibility index (Phi) is 4.76. The van der Waals surface area contributed by atoms with Crippen molar-refractivity contribution in [2.75, 3.05) is 20.7 Å². The molecule has 0 saturated carbocycles. The molecule has 1 amide bonds. The summed E-state index contributed by atoms with van der Waals surface area (Å²) >= 11 is 0. The van der Waals surface area contributed by atoms with Crippen molar-refractivity contribution in [2.24, 2.45) is 5.92 Å². The summed E-state index contributed by atoms with van der Waals surface area (Å²) < 4.78 is 17.2. The van der Waals surface area contributed by atoms with Crippen molar-refractivity contribution >= 4 is 11.9 Å². The Hall–Kier alpha value is -1.98. The molecule has 98 valence electrons. The third-order valence-electron chi connectivity index (χ3n) is 2.47. The van der Waals surface area contributed by atoms with Crippen molar-refractivity contribution < 1.29 is 18.7 Å². The van der Waals surface area contributed by atoms with E-state index in [1.807, 2.05) is 0 Å². The van der Waals surface area contributed by atoms with E-state index in [9.17, 15) is 14.0 Å². The van der Waals surface area contributed by atoms with E-state index >= 15 is 0 Å². The Bertz CT molecular complexity index is 433. The Labute approximate surface area is 105 Å². The summed E-state index contributed by atoms with van der Waals surface area (Å²) in [5, 5.41) is 0. The normalized spacial score (nSPS) is 11.8. The number of amides is 1. The number of carbonyl (C=O) groups is 2. The van der Waals surface area contributed by atoms with Crippen LogP contribution in [0.3, 0.4) is 0 Å². The van der Waals surface area contributed by atoms with Crippen molar-refractivity contribution in [3.8, 4) is 0 Å². The van der Waals surface area contributed by atoms with E-state index in [0.29, 0.717) is 0 Å². The summed E-state index contributed by atoms with van der Waals surface area (Å²) in [6.07, 6.45) is 1.16. The van der Waals surface area contributed by atoms with Gasteiger partial charge in [-0.3, -0.25) is 9.59 Å². The zero-order valence-electron chi connectivity index (χ0n) is 10.5. The fourth-order valence-corrected chi connectivity index (χ4v) is 1.49. The predicted octanol–water partition coefficient (Wildman–Crippen LogP) is 1.10. The number of carbonyl (C=O) groups excluding carboxylic acids is 2. The molecule has 1 heterocycles. The van der Waals surface area contributed by atoms with Crippen LogP contribution in [0.25, 0.3) is 0 Å². The summed E-state index contributed by atoms with van der Waals surface area (Å²) in [5.41, 5.74) is 0.274. The number of halogens is 1. The molecule has 0 radical (unpaired) electrons. The second-order valence-corrected chi connectivity index (χ2v) is 3.98. The number of hydrogen-bond acceptors (Lipinski definition) is 4. The van der Waals surface area contributed by atoms with Gasteiger partial charge in [-0.15, -0.1) is 0 Å². The Morgan fingerprint density at radius 3 is 2.67 bits per heavy atom. The molecule has 0 fully saturated rings. The van der Waals surface area contributed by atoms with Crippen LogP contribution >= 0.6 is 0 Å². The van der Waals surface area contributed by atoms with Crippen LogP contribution in [0.4, 0.5) is 4.39 Å². The van der Waals surface area contributed by atoms with E-state index in [4.69, 9.17) is 0 Å². The van der Waals surface area contributed by atoms with E-state index in [2.05, 4.69) is 9.72 Å². The van der Waals surface area contributed by atoms with Crippen LogP contribution < -0.4 is 0 Å². The fraction of sp³-hybridized carbons (Fsp3) is 0.417. The van der Waals surface area contributed by atoms with Gasteiger partial charge in [0.25, 0.3) is 5.91 Å². The third kappa shape index (κ3) is 3.51. The standard InChI is InChI=1S/C12H15FN2O3/c1-8(12(17)18-3)7-15(2)11(16)9-4-5-10(13)14-6-9/h4-6,8H,7H2,1-3H3. The first-order valence-corrected chi connectivity index (χ1v) is 5.40. The number of pyridine rings is 1. The Morgan fingerprint density at radius 2 is 2.17 bits per heavy atom. The van der Waals surface area contributed by atoms with Gasteiger partial charge in [0.05, 0.1) is 18.6 Å². The largest absolute Gasteiger partial charge is 0.469 e. The van der Waals surface area contributed by atoms with Crippen LogP contribution in [0.1, 0.15) is 17.3 Å². The number of nitrogens with zero attached hydrogens (tertiary/aromatic N) is 2. The topological polar surface area (TPSA) is 59.5 Å². The maximum atomic E-state index is 12.6. The molecule has 5 nitrogen and oxygen atoms in total. The van der Waals surface area contributed by atoms with Crippen molar-refractivity contribution in [2.45, 2.75) is 6.92 Å². The molecule has 18 heavy (non-hydrogen) atoms. The average molecular weight is 254 g/mol. The minimum Gasteiger partial charge on any atom is -0.469 e. The first kappa shape index (κ1) is 14.1. The van der Waals surface area contributed by atoms with Gasteiger partial charge < -0.3 is 9.64 Å². The van der Waals surface area contributed by atoms with Crippen molar-refractivity contribution in [1.29, 1.82) is 0 Å². The van der Waals surface area contributed by atoms with Crippen molar-refractivity contribution in [3.63, 3.8) is 0 Å². The lowest BCUT2D eigenvalue weighted by Gasteiger charge is -2.20. The molecule has 1 unspecified atom stereocenters. The summed E-state index contributed by atoms with van der Waals surface area (Å²) in [4.78, 5) is 27.9. The highest BCUT2D eigenvalue weighted by molar-refractivity contribution is 5.93. The van der Waals surface area contributed by atoms with Crippen molar-refractivity contribution in [1.82, 2.24) is 9.88 Å². The van der Waals surface area contributed by atoms with Gasteiger partial charge >= 0.3 is 5.97 Å². The SMILES string of the molecule is COC(=O)C(C)CN(C)C(=O)c1ccc(F)nc1. The maximum absolute atomic E-state index is 12.6. The number of aromatic nitrogens is 1. The highest BCUT2D eigenvalue weighted by atomic mass is 19.1. The zero-order valence-corrected chi connectivity index (χ0v) is 10.5. The Balaban J connectivity index is 2.67. The van der Waals surface area contributed by atoms with Gasteiger partial charge in [-0.05, 0) is 12.1 Å². The molecule has 0 N–H and O–H groups in total. The highest BCUT2D eigenvalue weighted by Crippen LogP contribution is 2.06. The van der Waals surface area contributed by atoms with Crippen LogP contribution in [0.2, 0.25) is 0 Å². The minimum absolute atomic E-state index is 0.225. The van der Waals surface area contributed by atoms with Gasteiger partial charge in [-0.1, -0.05) is 6.92 Å². The van der Waals surface area contributed by atoms with Crippen molar-refractivity contribution in [3.05, 3.63) is 29.8 Å². The molecular formula is C12H15FN2O3. The summed E-state index contributed by atoms with van der Waals surface area (Å²) in [6, 6.07) is 2.47. The van der Waals surface area contributed by atoms with E-state index in [-0.39, 0.29) is 24.0 Å². The molecule has 1 rings (SSSR count). The third-order valence-corrected chi connectivity index (χ3v) is 2.47. The second kappa shape index (κ2) is 6.09. The van der Waals surface area contributed by atoms with Gasteiger partial charge in [0.2, 0.25) is 5.95 Å². The lowest BCUT2D eigenvalue weighted by molar-refractivity contribution is -0.145. The molecule has 0 bridgehead atoms. The molecular weight excluding hydrogens is 239 g/mol. The van der Waals surface area contributed by atoms with Crippen LogP contribution in [-0.2, 0) is 9.53 Å². The van der Waals surface area contributed by atoms with Crippen LogP contribution in [-0.4, -0.2) is 42.5 Å². The molecule has 0 aromatic carbocycles. The number of hydrogen-bond donors (Lipinski definition) is 0. The highest BCUT2D eigenvalue weighted by Gasteiger charge is 2.19. The lowest BCUT2D eigenvalue weighted by Crippen LogP contribution is -2.34. The number of methoxy groups -OCH3 is 1. The van der Waals surface area contributed by atoms with Gasteiger partial charge in [0, 0.05) is 19.8 Å². The molecule has 0 saturated heterocycles. The summed E-state index contributed by atoms with van der Waals surface area (Å²) in [5.74, 6) is -1.76. The average Bonchev–Trinajstić information content (AvgIpc) is 2.37. The summed E-state index contributed by atoms with van der Waals surface area (Å²) in [6.45, 7) is 1.89. The van der Waals surface area contributed by atoms with Crippen LogP contribution in [0, 0.1) is 11.9 Å². The van der Waals surface area contributed by atoms with Gasteiger partial charge in [-0.2, -0.15) is 4.39 Å². The van der Waals surface area contributed by atoms with E-state index in [1.165, 1.54) is 18.1 Å². The minimum atomic E-state index is -0.642. The molecule has 0 aliphatic carbocycles. The Morgan fingerprint density at radius 1 is 1.50 bits per heavy atom. The van der Waals surface area contributed by atoms with E-state index in [0.717, 1.165) is 12.3 Å².